The molecule has 1 unspecified atom stereocenters. The number of ether oxygens (including phenoxy) is 1. The molecule has 10 heteroatoms. The van der Waals surface area contributed by atoms with Crippen LogP contribution in [0.3, 0.4) is 0 Å². The summed E-state index contributed by atoms with van der Waals surface area (Å²) in [4.78, 5) is 23.5. The standard InChI is InChI=1S/C15H13ClF3N3O3/c1-8(2)13(24)20-11-7-12(23)22(21-11)9-3-5-10(6-4-9)25-15(18,19)14(16)17/h3-6,14H,1,7H2,2H3,(H,20,21,24). The lowest BCUT2D eigenvalue weighted by Crippen LogP contribution is -2.32. The number of anilines is 1. The van der Waals surface area contributed by atoms with Crippen LogP contribution in [0.25, 0.3) is 0 Å². The van der Waals surface area contributed by atoms with Crippen molar-refractivity contribution in [2.24, 2.45) is 5.10 Å². The monoisotopic (exact) mass is 375 g/mol. The number of hydrogen-bond acceptors (Lipinski definition) is 4. The van der Waals surface area contributed by atoms with E-state index in [9.17, 15) is 22.8 Å². The molecule has 0 radical (unpaired) electrons. The largest absolute Gasteiger partial charge is 0.444 e. The topological polar surface area (TPSA) is 71.0 Å². The summed E-state index contributed by atoms with van der Waals surface area (Å²) in [7, 11) is 0. The molecular formula is C15H13ClF3N3O3. The van der Waals surface area contributed by atoms with Crippen LogP contribution >= 0.6 is 11.6 Å². The number of alkyl halides is 4. The number of benzene rings is 1. The predicted octanol–water partition coefficient (Wildman–Crippen LogP) is 2.94. The molecule has 6 nitrogen and oxygen atoms in total. The van der Waals surface area contributed by atoms with Crippen LogP contribution in [0.2, 0.25) is 0 Å². The van der Waals surface area contributed by atoms with Gasteiger partial charge < -0.3 is 10.1 Å². The zero-order valence-corrected chi connectivity index (χ0v) is 13.7. The molecule has 1 aliphatic rings. The Kier molecular flexibility index (Phi) is 5.36. The number of nitrogens with one attached hydrogen (secondary N) is 1. The highest BCUT2D eigenvalue weighted by atomic mass is 35.5. The van der Waals surface area contributed by atoms with E-state index in [1.807, 2.05) is 0 Å². The fraction of sp³-hybridized carbons (Fsp3) is 0.267. The molecule has 2 amide bonds. The number of amides is 2. The normalized spacial score (nSPS) is 15.6. The highest BCUT2D eigenvalue weighted by Crippen LogP contribution is 2.30. The van der Waals surface area contributed by atoms with Gasteiger partial charge in [-0.15, -0.1) is 0 Å². The summed E-state index contributed by atoms with van der Waals surface area (Å²) in [6, 6.07) is 4.77. The van der Waals surface area contributed by atoms with Gasteiger partial charge in [-0.25, -0.2) is 4.39 Å². The van der Waals surface area contributed by atoms with Crippen molar-refractivity contribution in [3.8, 4) is 5.75 Å². The lowest BCUT2D eigenvalue weighted by atomic mass is 10.3. The number of carbonyl (C=O) groups excluding carboxylic acids is 2. The molecule has 2 rings (SSSR count). The molecule has 1 aliphatic heterocycles. The molecular weight excluding hydrogens is 363 g/mol. The van der Waals surface area contributed by atoms with Crippen LogP contribution in [-0.2, 0) is 9.59 Å². The Hall–Kier alpha value is -2.55. The number of amidine groups is 1. The van der Waals surface area contributed by atoms with E-state index in [4.69, 9.17) is 11.6 Å². The second-order valence-electron chi connectivity index (χ2n) is 5.12. The summed E-state index contributed by atoms with van der Waals surface area (Å²) in [6.07, 6.45) is -4.32. The van der Waals surface area contributed by atoms with Gasteiger partial charge in [-0.05, 0) is 31.2 Å². The Morgan fingerprint density at radius 1 is 1.44 bits per heavy atom. The highest BCUT2D eigenvalue weighted by molar-refractivity contribution is 6.20. The number of carbonyl (C=O) groups is 2. The molecule has 1 heterocycles. The van der Waals surface area contributed by atoms with Gasteiger partial charge in [0.05, 0.1) is 12.1 Å². The van der Waals surface area contributed by atoms with Gasteiger partial charge in [-0.2, -0.15) is 18.9 Å². The van der Waals surface area contributed by atoms with E-state index in [0.717, 1.165) is 17.1 Å². The van der Waals surface area contributed by atoms with E-state index < -0.39 is 23.6 Å². The third kappa shape index (κ3) is 4.50. The molecule has 1 aromatic carbocycles. The van der Waals surface area contributed by atoms with Crippen molar-refractivity contribution < 1.29 is 27.5 Å². The number of hydrogen-bond donors (Lipinski definition) is 1. The van der Waals surface area contributed by atoms with Gasteiger partial charge in [0, 0.05) is 5.57 Å². The third-order valence-corrected chi connectivity index (χ3v) is 3.26. The van der Waals surface area contributed by atoms with Gasteiger partial charge >= 0.3 is 6.11 Å². The SMILES string of the molecule is C=C(C)C(=O)NC1=NN(c2ccc(OC(F)(F)C(F)Cl)cc2)C(=O)C1. The lowest BCUT2D eigenvalue weighted by Gasteiger charge is -2.18. The van der Waals surface area contributed by atoms with Crippen molar-refractivity contribution in [3.05, 3.63) is 36.4 Å². The molecule has 0 spiro atoms. The first-order valence-electron chi connectivity index (χ1n) is 6.92. The van der Waals surface area contributed by atoms with E-state index in [1.165, 1.54) is 19.1 Å². The first-order chi connectivity index (χ1) is 11.6. The van der Waals surface area contributed by atoms with Crippen molar-refractivity contribution in [3.63, 3.8) is 0 Å². The van der Waals surface area contributed by atoms with Crippen molar-refractivity contribution in [2.45, 2.75) is 25.1 Å². The van der Waals surface area contributed by atoms with Gasteiger partial charge in [0.1, 0.15) is 11.6 Å². The molecule has 0 fully saturated rings. The van der Waals surface area contributed by atoms with E-state index in [-0.39, 0.29) is 29.3 Å². The maximum atomic E-state index is 13.1. The molecule has 1 aromatic rings. The Bertz CT molecular complexity index is 735. The average molecular weight is 376 g/mol. The lowest BCUT2D eigenvalue weighted by molar-refractivity contribution is -0.199. The Balaban J connectivity index is 2.11. The van der Waals surface area contributed by atoms with Gasteiger partial charge in [0.25, 0.3) is 17.4 Å². The van der Waals surface area contributed by atoms with Crippen molar-refractivity contribution in [1.82, 2.24) is 5.32 Å². The Labute approximate surface area is 145 Å². The summed E-state index contributed by atoms with van der Waals surface area (Å²) in [6.45, 7) is 4.97. The quantitative estimate of drug-likeness (QED) is 0.635. The van der Waals surface area contributed by atoms with Gasteiger partial charge in [-0.3, -0.25) is 9.59 Å². The summed E-state index contributed by atoms with van der Waals surface area (Å²) in [5.41, 5.74) is -2.50. The Morgan fingerprint density at radius 2 is 2.04 bits per heavy atom. The first kappa shape index (κ1) is 18.8. The van der Waals surface area contributed by atoms with Crippen LogP contribution in [0, 0.1) is 0 Å². The minimum absolute atomic E-state index is 0.132. The predicted molar refractivity (Wildman–Crippen MR) is 85.3 cm³/mol. The molecule has 0 saturated carbocycles. The molecule has 25 heavy (non-hydrogen) atoms. The van der Waals surface area contributed by atoms with Crippen molar-refractivity contribution >= 4 is 34.9 Å². The van der Waals surface area contributed by atoms with E-state index in [0.29, 0.717) is 0 Å². The second kappa shape index (κ2) is 7.14. The van der Waals surface area contributed by atoms with Crippen LogP contribution in [0.4, 0.5) is 18.9 Å². The van der Waals surface area contributed by atoms with Gasteiger partial charge in [0.15, 0.2) is 0 Å². The number of halogens is 4. The zero-order valence-electron chi connectivity index (χ0n) is 12.9. The summed E-state index contributed by atoms with van der Waals surface area (Å²) >= 11 is 4.70. The van der Waals surface area contributed by atoms with E-state index >= 15 is 0 Å². The second-order valence-corrected chi connectivity index (χ2v) is 5.51. The first-order valence-corrected chi connectivity index (χ1v) is 7.36. The molecule has 1 N–H and O–H groups in total. The van der Waals surface area contributed by atoms with Crippen molar-refractivity contribution in [1.29, 1.82) is 0 Å². The van der Waals surface area contributed by atoms with E-state index in [1.54, 1.807) is 0 Å². The number of rotatable bonds is 5. The number of hydrazone groups is 1. The number of nitrogens with zero attached hydrogens (tertiary/aromatic N) is 2. The van der Waals surface area contributed by atoms with E-state index in [2.05, 4.69) is 21.7 Å². The van der Waals surface area contributed by atoms with Crippen LogP contribution in [0.15, 0.2) is 41.5 Å². The van der Waals surface area contributed by atoms with Crippen molar-refractivity contribution in [2.75, 3.05) is 5.01 Å². The highest BCUT2D eigenvalue weighted by Gasteiger charge is 2.42. The summed E-state index contributed by atoms with van der Waals surface area (Å²) < 4.78 is 42.8. The van der Waals surface area contributed by atoms with Crippen LogP contribution in [0.5, 0.6) is 5.75 Å². The van der Waals surface area contributed by atoms with Gasteiger partial charge in [0.2, 0.25) is 0 Å². The fourth-order valence-electron chi connectivity index (χ4n) is 1.80. The maximum Gasteiger partial charge on any atom is 0.444 e. The average Bonchev–Trinajstić information content (AvgIpc) is 2.88. The Morgan fingerprint density at radius 3 is 2.56 bits per heavy atom. The summed E-state index contributed by atoms with van der Waals surface area (Å²) in [5, 5.41) is 7.38. The molecule has 0 aliphatic carbocycles. The van der Waals surface area contributed by atoms with Crippen LogP contribution in [0.1, 0.15) is 13.3 Å². The minimum Gasteiger partial charge on any atom is -0.429 e. The molecule has 0 bridgehead atoms. The molecule has 0 saturated heterocycles. The molecule has 0 aromatic heterocycles. The van der Waals surface area contributed by atoms with Crippen LogP contribution in [-0.4, -0.2) is 29.4 Å². The maximum absolute atomic E-state index is 13.1. The summed E-state index contributed by atoms with van der Waals surface area (Å²) in [5.74, 6) is -1.11. The molecule has 1 atom stereocenters. The van der Waals surface area contributed by atoms with Gasteiger partial charge in [-0.1, -0.05) is 18.2 Å². The van der Waals surface area contributed by atoms with Crippen LogP contribution < -0.4 is 15.1 Å². The fourth-order valence-corrected chi connectivity index (χ4v) is 1.84. The smallest absolute Gasteiger partial charge is 0.429 e. The molecule has 134 valence electrons. The third-order valence-electron chi connectivity index (χ3n) is 3.01. The zero-order chi connectivity index (χ0) is 18.8. The minimum atomic E-state index is -4.19.